The van der Waals surface area contributed by atoms with Crippen molar-refractivity contribution in [1.82, 2.24) is 0 Å². The van der Waals surface area contributed by atoms with Crippen molar-refractivity contribution < 1.29 is 42.9 Å². The van der Waals surface area contributed by atoms with E-state index in [1.54, 1.807) is 0 Å². The van der Waals surface area contributed by atoms with E-state index in [4.69, 9.17) is 18.9 Å². The molecule has 0 heterocycles. The number of carboxylic acids is 1. The van der Waals surface area contributed by atoms with Gasteiger partial charge in [0.1, 0.15) is 13.2 Å². The van der Waals surface area contributed by atoms with Crippen molar-refractivity contribution in [1.29, 1.82) is 0 Å². The molecule has 2 unspecified atom stereocenters. The Bertz CT molecular complexity index is 1490. The molecule has 0 amide bonds. The number of aliphatic carboxylic acids is 1. The van der Waals surface area contributed by atoms with Crippen LogP contribution >= 0.6 is 0 Å². The van der Waals surface area contributed by atoms with Crippen LogP contribution in [0.25, 0.3) is 0 Å². The van der Waals surface area contributed by atoms with Gasteiger partial charge in [0, 0.05) is 12.8 Å². The number of nitrogens with zero attached hydrogens (tertiary/aromatic N) is 1. The topological polar surface area (TPSA) is 111 Å². The number of carbonyl (C=O) groups excluding carboxylic acids is 3. The molecule has 426 valence electrons. The minimum absolute atomic E-state index is 0.148. The lowest BCUT2D eigenvalue weighted by atomic mass is 10.0. The molecule has 74 heavy (non-hydrogen) atoms. The molecule has 0 aromatic rings. The number of unbranched alkanes of at least 4 members (excludes halogenated alkanes) is 26. The standard InChI is InChI=1S/C65H113NO8/c1-6-8-10-12-14-16-17-18-19-20-21-22-23-24-25-26-27-28-29-30-31-32-33-34-35-36-37-38-39-40-41-42-43-44-45-46-47-48-50-52-54-56-63(68)74-61(60-73-65(64(69)70)71-58-57-66(3,4)5)59-72-62(67)55-53-51-49-15-13-11-9-7-2/h8,10,14,16,18-19,21-22,24-25,27-28,30-31,61,65H,6-7,9,11-13,15,17,20,23,26,29,32-60H2,1-5H3/b10-8-,16-14-,19-18-,22-21-,25-24-,28-27-,31-30-. The third-order valence-electron chi connectivity index (χ3n) is 12.9. The first-order valence-corrected chi connectivity index (χ1v) is 30.2. The van der Waals surface area contributed by atoms with Crippen molar-refractivity contribution in [3.63, 3.8) is 0 Å². The summed E-state index contributed by atoms with van der Waals surface area (Å²) < 4.78 is 22.6. The molecule has 9 nitrogen and oxygen atoms in total. The Balaban J connectivity index is 3.90. The maximum Gasteiger partial charge on any atom is 0.306 e. The zero-order valence-corrected chi connectivity index (χ0v) is 48.4. The lowest BCUT2D eigenvalue weighted by Gasteiger charge is -2.26. The van der Waals surface area contributed by atoms with Gasteiger partial charge in [-0.2, -0.15) is 0 Å². The Morgan fingerprint density at radius 3 is 1.15 bits per heavy atom. The SMILES string of the molecule is CC/C=C\C/C=C\C/C=C\C/C=C\C/C=C\C/C=C\C/C=C\CCCCCCCCCCCCCCCCCCCCCC(=O)OC(COC(=O)CCCCCCCCCC)COC(OCC[N+](C)(C)C)C(=O)[O-]. The third-order valence-corrected chi connectivity index (χ3v) is 12.9. The predicted octanol–water partition coefficient (Wildman–Crippen LogP) is 16.6. The molecule has 0 aliphatic carbocycles. The van der Waals surface area contributed by atoms with Gasteiger partial charge in [0.2, 0.25) is 0 Å². The highest BCUT2D eigenvalue weighted by molar-refractivity contribution is 5.70. The van der Waals surface area contributed by atoms with Crippen LogP contribution in [0.3, 0.4) is 0 Å². The number of ether oxygens (including phenoxy) is 4. The number of rotatable bonds is 55. The van der Waals surface area contributed by atoms with Crippen molar-refractivity contribution in [2.24, 2.45) is 0 Å². The molecule has 0 rings (SSSR count). The Labute approximate surface area is 455 Å². The number of carbonyl (C=O) groups is 3. The molecular formula is C65H113NO8. The summed E-state index contributed by atoms with van der Waals surface area (Å²) in [5.41, 5.74) is 0. The van der Waals surface area contributed by atoms with E-state index in [1.807, 2.05) is 21.1 Å². The lowest BCUT2D eigenvalue weighted by Crippen LogP contribution is -2.44. The molecule has 9 heteroatoms. The largest absolute Gasteiger partial charge is 0.545 e. The Morgan fingerprint density at radius 1 is 0.419 bits per heavy atom. The van der Waals surface area contributed by atoms with E-state index in [9.17, 15) is 19.5 Å². The van der Waals surface area contributed by atoms with Crippen molar-refractivity contribution in [2.45, 2.75) is 264 Å². The van der Waals surface area contributed by atoms with Crippen LogP contribution in [0.15, 0.2) is 85.1 Å². The summed E-state index contributed by atoms with van der Waals surface area (Å²) in [7, 11) is 5.91. The number of hydrogen-bond acceptors (Lipinski definition) is 8. The summed E-state index contributed by atoms with van der Waals surface area (Å²) in [5, 5.41) is 11.7. The smallest absolute Gasteiger partial charge is 0.306 e. The molecular weight excluding hydrogens is 923 g/mol. The Morgan fingerprint density at radius 2 is 0.770 bits per heavy atom. The zero-order valence-electron chi connectivity index (χ0n) is 48.4. The number of quaternary nitrogens is 1. The van der Waals surface area contributed by atoms with E-state index in [1.165, 1.54) is 141 Å². The van der Waals surface area contributed by atoms with Gasteiger partial charge in [-0.25, -0.2) is 0 Å². The van der Waals surface area contributed by atoms with Gasteiger partial charge in [0.15, 0.2) is 12.4 Å². The fraction of sp³-hybridized carbons (Fsp3) is 0.738. The van der Waals surface area contributed by atoms with Crippen LogP contribution in [0, 0.1) is 0 Å². The summed E-state index contributed by atoms with van der Waals surface area (Å²) in [6.07, 6.45) is 71.1. The second-order valence-corrected chi connectivity index (χ2v) is 21.3. The second kappa shape index (κ2) is 55.7. The fourth-order valence-corrected chi connectivity index (χ4v) is 8.28. The molecule has 0 saturated heterocycles. The molecule has 0 spiro atoms. The van der Waals surface area contributed by atoms with Gasteiger partial charge in [-0.1, -0.05) is 253 Å². The molecule has 0 aromatic carbocycles. The second-order valence-electron chi connectivity index (χ2n) is 21.3. The summed E-state index contributed by atoms with van der Waals surface area (Å²) in [5.74, 6) is -2.28. The predicted molar refractivity (Wildman–Crippen MR) is 311 cm³/mol. The van der Waals surface area contributed by atoms with Crippen LogP contribution < -0.4 is 5.11 Å². The number of esters is 2. The summed E-state index contributed by atoms with van der Waals surface area (Å²) in [4.78, 5) is 37.0. The summed E-state index contributed by atoms with van der Waals surface area (Å²) in [6, 6.07) is 0. The Hall–Kier alpha value is -3.53. The van der Waals surface area contributed by atoms with Gasteiger partial charge < -0.3 is 33.3 Å². The molecule has 0 aliphatic heterocycles. The maximum absolute atomic E-state index is 12.8. The van der Waals surface area contributed by atoms with Crippen LogP contribution in [0.5, 0.6) is 0 Å². The highest BCUT2D eigenvalue weighted by atomic mass is 16.7. The van der Waals surface area contributed by atoms with Crippen LogP contribution in [-0.4, -0.2) is 82.3 Å². The van der Waals surface area contributed by atoms with Gasteiger partial charge in [-0.3, -0.25) is 9.59 Å². The summed E-state index contributed by atoms with van der Waals surface area (Å²) >= 11 is 0. The molecule has 0 bridgehead atoms. The normalized spacial score (nSPS) is 13.4. The van der Waals surface area contributed by atoms with E-state index < -0.39 is 24.3 Å². The zero-order chi connectivity index (χ0) is 54.1. The average molecular weight is 1040 g/mol. The van der Waals surface area contributed by atoms with Gasteiger partial charge in [-0.05, 0) is 70.6 Å². The first kappa shape index (κ1) is 70.5. The van der Waals surface area contributed by atoms with Gasteiger partial charge in [0.25, 0.3) is 0 Å². The molecule has 2 atom stereocenters. The quantitative estimate of drug-likeness (QED) is 0.0195. The number of hydrogen-bond donors (Lipinski definition) is 0. The van der Waals surface area contributed by atoms with E-state index in [0.29, 0.717) is 23.9 Å². The number of carboxylic acid groups (broad SMARTS) is 1. The first-order valence-electron chi connectivity index (χ1n) is 30.2. The number of likely N-dealkylation sites (N-methyl/N-ethyl adjacent to an activating group) is 1. The molecule has 0 radical (unpaired) electrons. The van der Waals surface area contributed by atoms with Crippen LogP contribution in [-0.2, 0) is 33.3 Å². The average Bonchev–Trinajstić information content (AvgIpc) is 3.37. The van der Waals surface area contributed by atoms with Gasteiger partial charge in [0.05, 0.1) is 40.3 Å². The first-order chi connectivity index (χ1) is 36.1. The van der Waals surface area contributed by atoms with Gasteiger partial charge in [-0.15, -0.1) is 0 Å². The lowest BCUT2D eigenvalue weighted by molar-refractivity contribution is -0.870. The van der Waals surface area contributed by atoms with E-state index in [0.717, 1.165) is 77.0 Å². The van der Waals surface area contributed by atoms with Crippen LogP contribution in [0.2, 0.25) is 0 Å². The van der Waals surface area contributed by atoms with E-state index in [-0.39, 0.29) is 32.2 Å². The third kappa shape index (κ3) is 56.2. The molecule has 0 N–H and O–H groups in total. The summed E-state index contributed by atoms with van der Waals surface area (Å²) in [6.45, 7) is 4.60. The number of allylic oxidation sites excluding steroid dienone is 14. The fourth-order valence-electron chi connectivity index (χ4n) is 8.28. The Kier molecular flexibility index (Phi) is 53.0. The van der Waals surface area contributed by atoms with Crippen molar-refractivity contribution in [3.8, 4) is 0 Å². The highest BCUT2D eigenvalue weighted by Gasteiger charge is 2.22. The van der Waals surface area contributed by atoms with Crippen molar-refractivity contribution in [2.75, 3.05) is 47.5 Å². The minimum Gasteiger partial charge on any atom is -0.545 e. The van der Waals surface area contributed by atoms with Crippen molar-refractivity contribution in [3.05, 3.63) is 85.1 Å². The molecule has 0 aromatic heterocycles. The molecule has 0 aliphatic rings. The van der Waals surface area contributed by atoms with Gasteiger partial charge >= 0.3 is 11.9 Å². The maximum atomic E-state index is 12.8. The van der Waals surface area contributed by atoms with Crippen LogP contribution in [0.1, 0.15) is 251 Å². The van der Waals surface area contributed by atoms with E-state index in [2.05, 4.69) is 98.9 Å². The van der Waals surface area contributed by atoms with Crippen molar-refractivity contribution >= 4 is 17.9 Å². The van der Waals surface area contributed by atoms with Crippen LogP contribution in [0.4, 0.5) is 0 Å². The van der Waals surface area contributed by atoms with E-state index >= 15 is 0 Å². The molecule has 0 saturated carbocycles. The molecule has 0 fully saturated rings. The monoisotopic (exact) mass is 1040 g/mol. The minimum atomic E-state index is -1.62. The highest BCUT2D eigenvalue weighted by Crippen LogP contribution is 2.16.